The number of nitrogens with one attached hydrogen (secondary N) is 1. The van der Waals surface area contributed by atoms with Crippen molar-refractivity contribution in [1.82, 2.24) is 14.7 Å². The molecule has 1 saturated carbocycles. The standard InChI is InChI=1S/C19H19BrN4O3/c20-12-5-6-14-15(11-12)19(27)23(18(14)26)10-8-17(25)22-16-7-9-21-24(16)13-3-1-2-4-13/h5-7,9,11,13H,1-4,8,10H2,(H,22,25). The number of carbonyl (C=O) groups is 3. The zero-order valence-electron chi connectivity index (χ0n) is 14.7. The molecule has 140 valence electrons. The van der Waals surface area contributed by atoms with Gasteiger partial charge in [0.05, 0.1) is 23.4 Å². The summed E-state index contributed by atoms with van der Waals surface area (Å²) in [6, 6.07) is 7.08. The molecule has 0 radical (unpaired) electrons. The third-order valence-corrected chi connectivity index (χ3v) is 5.60. The molecule has 1 aliphatic carbocycles. The first-order valence-electron chi connectivity index (χ1n) is 9.03. The molecular weight excluding hydrogens is 412 g/mol. The van der Waals surface area contributed by atoms with Crippen LogP contribution < -0.4 is 5.32 Å². The maximum absolute atomic E-state index is 12.5. The number of hydrogen-bond donors (Lipinski definition) is 1. The molecule has 1 aromatic carbocycles. The second-order valence-corrected chi connectivity index (χ2v) is 7.76. The lowest BCUT2D eigenvalue weighted by Gasteiger charge is -2.16. The molecule has 0 unspecified atom stereocenters. The summed E-state index contributed by atoms with van der Waals surface area (Å²) in [5, 5.41) is 7.18. The Labute approximate surface area is 164 Å². The summed E-state index contributed by atoms with van der Waals surface area (Å²) < 4.78 is 2.60. The van der Waals surface area contributed by atoms with Crippen LogP contribution in [0.4, 0.5) is 5.82 Å². The fourth-order valence-corrected chi connectivity index (χ4v) is 4.10. The number of rotatable bonds is 5. The van der Waals surface area contributed by atoms with E-state index in [0.717, 1.165) is 22.2 Å². The lowest BCUT2D eigenvalue weighted by atomic mass is 10.1. The average molecular weight is 431 g/mol. The minimum atomic E-state index is -0.361. The molecule has 4 rings (SSSR count). The van der Waals surface area contributed by atoms with Crippen LogP contribution in [-0.4, -0.2) is 38.9 Å². The number of fused-ring (bicyclic) bond motifs is 1. The zero-order chi connectivity index (χ0) is 19.0. The van der Waals surface area contributed by atoms with Gasteiger partial charge in [-0.2, -0.15) is 5.10 Å². The van der Waals surface area contributed by atoms with Crippen molar-refractivity contribution in [1.29, 1.82) is 0 Å². The predicted molar refractivity (Wildman–Crippen MR) is 102 cm³/mol. The second-order valence-electron chi connectivity index (χ2n) is 6.85. The summed E-state index contributed by atoms with van der Waals surface area (Å²) in [5.41, 5.74) is 0.747. The highest BCUT2D eigenvalue weighted by Gasteiger charge is 2.35. The van der Waals surface area contributed by atoms with E-state index in [1.165, 1.54) is 12.8 Å². The monoisotopic (exact) mass is 430 g/mol. The van der Waals surface area contributed by atoms with Crippen LogP contribution in [0.2, 0.25) is 0 Å². The van der Waals surface area contributed by atoms with Gasteiger partial charge >= 0.3 is 0 Å². The molecule has 1 aromatic heterocycles. The van der Waals surface area contributed by atoms with Gasteiger partial charge in [0.15, 0.2) is 0 Å². The minimum absolute atomic E-state index is 0.0441. The molecule has 0 bridgehead atoms. The molecule has 1 fully saturated rings. The number of halogens is 1. The van der Waals surface area contributed by atoms with Gasteiger partial charge in [-0.1, -0.05) is 28.8 Å². The Bertz CT molecular complexity index is 917. The first-order chi connectivity index (χ1) is 13.0. The Balaban J connectivity index is 1.39. The molecule has 0 saturated heterocycles. The topological polar surface area (TPSA) is 84.3 Å². The van der Waals surface area contributed by atoms with E-state index in [0.29, 0.717) is 23.0 Å². The van der Waals surface area contributed by atoms with Crippen LogP contribution in [0.15, 0.2) is 34.9 Å². The van der Waals surface area contributed by atoms with Crippen LogP contribution >= 0.6 is 15.9 Å². The maximum atomic E-state index is 12.5. The molecule has 0 spiro atoms. The Morgan fingerprint density at radius 1 is 1.15 bits per heavy atom. The molecule has 2 aromatic rings. The molecule has 2 aliphatic rings. The van der Waals surface area contributed by atoms with Crippen molar-refractivity contribution >= 4 is 39.5 Å². The summed E-state index contributed by atoms with van der Waals surface area (Å²) >= 11 is 3.31. The Morgan fingerprint density at radius 2 is 1.89 bits per heavy atom. The van der Waals surface area contributed by atoms with Crippen molar-refractivity contribution in [3.8, 4) is 0 Å². The van der Waals surface area contributed by atoms with E-state index in [1.54, 1.807) is 30.5 Å². The number of hydrogen-bond acceptors (Lipinski definition) is 4. The fourth-order valence-electron chi connectivity index (χ4n) is 3.74. The third-order valence-electron chi connectivity index (χ3n) is 5.10. The third kappa shape index (κ3) is 3.41. The molecule has 1 N–H and O–H groups in total. The van der Waals surface area contributed by atoms with E-state index in [1.807, 2.05) is 4.68 Å². The van der Waals surface area contributed by atoms with Gasteiger partial charge in [0.25, 0.3) is 11.8 Å². The molecule has 0 atom stereocenters. The largest absolute Gasteiger partial charge is 0.311 e. The highest BCUT2D eigenvalue weighted by atomic mass is 79.9. The van der Waals surface area contributed by atoms with Gasteiger partial charge in [-0.3, -0.25) is 19.3 Å². The minimum Gasteiger partial charge on any atom is -0.311 e. The van der Waals surface area contributed by atoms with Crippen molar-refractivity contribution in [2.75, 3.05) is 11.9 Å². The van der Waals surface area contributed by atoms with Crippen molar-refractivity contribution in [3.05, 3.63) is 46.1 Å². The van der Waals surface area contributed by atoms with Crippen molar-refractivity contribution < 1.29 is 14.4 Å². The molecule has 8 heteroatoms. The van der Waals surface area contributed by atoms with E-state index in [4.69, 9.17) is 0 Å². The summed E-state index contributed by atoms with van der Waals surface area (Å²) in [6.45, 7) is 0.0490. The number of benzene rings is 1. The van der Waals surface area contributed by atoms with Crippen LogP contribution in [0.1, 0.15) is 58.9 Å². The Kier molecular flexibility index (Phi) is 4.82. The fraction of sp³-hybridized carbons (Fsp3) is 0.368. The maximum Gasteiger partial charge on any atom is 0.261 e. The van der Waals surface area contributed by atoms with Crippen LogP contribution in [0.25, 0.3) is 0 Å². The van der Waals surface area contributed by atoms with Gasteiger partial charge in [0.2, 0.25) is 5.91 Å². The molecule has 1 aliphatic heterocycles. The van der Waals surface area contributed by atoms with Crippen LogP contribution in [0.3, 0.4) is 0 Å². The number of imide groups is 1. The van der Waals surface area contributed by atoms with Gasteiger partial charge in [-0.05, 0) is 31.0 Å². The number of amides is 3. The van der Waals surface area contributed by atoms with Gasteiger partial charge in [0, 0.05) is 23.5 Å². The lowest BCUT2D eigenvalue weighted by molar-refractivity contribution is -0.116. The van der Waals surface area contributed by atoms with E-state index in [-0.39, 0.29) is 30.7 Å². The summed E-state index contributed by atoms with van der Waals surface area (Å²) in [5.74, 6) is -0.294. The molecule has 3 amide bonds. The van der Waals surface area contributed by atoms with E-state index < -0.39 is 0 Å². The van der Waals surface area contributed by atoms with Crippen LogP contribution in [0, 0.1) is 0 Å². The van der Waals surface area contributed by atoms with Crippen LogP contribution in [-0.2, 0) is 4.79 Å². The second kappa shape index (κ2) is 7.26. The highest BCUT2D eigenvalue weighted by molar-refractivity contribution is 9.10. The van der Waals surface area contributed by atoms with E-state index in [2.05, 4.69) is 26.3 Å². The van der Waals surface area contributed by atoms with Crippen molar-refractivity contribution in [3.63, 3.8) is 0 Å². The number of carbonyl (C=O) groups excluding carboxylic acids is 3. The summed E-state index contributed by atoms with van der Waals surface area (Å²) in [7, 11) is 0. The number of anilines is 1. The summed E-state index contributed by atoms with van der Waals surface area (Å²) in [4.78, 5) is 38.4. The predicted octanol–water partition coefficient (Wildman–Crippen LogP) is 3.39. The average Bonchev–Trinajstić information content (AvgIpc) is 3.36. The molecule has 7 nitrogen and oxygen atoms in total. The normalized spacial score (nSPS) is 16.9. The molecule has 27 heavy (non-hydrogen) atoms. The molecule has 2 heterocycles. The highest BCUT2D eigenvalue weighted by Crippen LogP contribution is 2.31. The first kappa shape index (κ1) is 17.9. The quantitative estimate of drug-likeness (QED) is 0.736. The Morgan fingerprint density at radius 3 is 2.67 bits per heavy atom. The zero-order valence-corrected chi connectivity index (χ0v) is 16.2. The smallest absolute Gasteiger partial charge is 0.261 e. The van der Waals surface area contributed by atoms with Crippen molar-refractivity contribution in [2.24, 2.45) is 0 Å². The summed E-state index contributed by atoms with van der Waals surface area (Å²) in [6.07, 6.45) is 6.20. The Hall–Kier alpha value is -2.48. The van der Waals surface area contributed by atoms with Crippen molar-refractivity contribution in [2.45, 2.75) is 38.1 Å². The molecular formula is C19H19BrN4O3. The van der Waals surface area contributed by atoms with Gasteiger partial charge in [-0.25, -0.2) is 4.68 Å². The SMILES string of the molecule is O=C(CCN1C(=O)c2ccc(Br)cc2C1=O)Nc1ccnn1C1CCCC1. The first-order valence-corrected chi connectivity index (χ1v) is 9.83. The lowest BCUT2D eigenvalue weighted by Crippen LogP contribution is -2.33. The van der Waals surface area contributed by atoms with Gasteiger partial charge in [0.1, 0.15) is 5.82 Å². The number of aromatic nitrogens is 2. The van der Waals surface area contributed by atoms with Gasteiger partial charge < -0.3 is 5.32 Å². The van der Waals surface area contributed by atoms with Crippen LogP contribution in [0.5, 0.6) is 0 Å². The number of nitrogens with zero attached hydrogens (tertiary/aromatic N) is 3. The van der Waals surface area contributed by atoms with Gasteiger partial charge in [-0.15, -0.1) is 0 Å². The van der Waals surface area contributed by atoms with E-state index >= 15 is 0 Å². The van der Waals surface area contributed by atoms with E-state index in [9.17, 15) is 14.4 Å².